The highest BCUT2D eigenvalue weighted by atomic mass is 79.9. The number of aromatic amines is 1. The lowest BCUT2D eigenvalue weighted by Gasteiger charge is -2.08. The van der Waals surface area contributed by atoms with Crippen molar-refractivity contribution >= 4 is 38.6 Å². The van der Waals surface area contributed by atoms with Crippen LogP contribution >= 0.6 is 15.9 Å². The summed E-state index contributed by atoms with van der Waals surface area (Å²) in [4.78, 5) is 15.0. The third-order valence-electron chi connectivity index (χ3n) is 3.45. The van der Waals surface area contributed by atoms with Crippen molar-refractivity contribution in [3.8, 4) is 0 Å². The quantitative estimate of drug-likeness (QED) is 0.640. The highest BCUT2D eigenvalue weighted by Gasteiger charge is 2.04. The van der Waals surface area contributed by atoms with Gasteiger partial charge in [0.05, 0.1) is 0 Å². The molecule has 1 aromatic heterocycles. The molecule has 2 aromatic carbocycles. The van der Waals surface area contributed by atoms with Gasteiger partial charge in [0.1, 0.15) is 0 Å². The first kappa shape index (κ1) is 14.7. The minimum Gasteiger partial charge on any atom is -0.361 e. The zero-order valence-corrected chi connectivity index (χ0v) is 13.5. The van der Waals surface area contributed by atoms with Crippen LogP contribution in [-0.2, 0) is 6.42 Å². The normalized spacial score (nSPS) is 10.6. The number of urea groups is 1. The number of halogens is 1. The van der Waals surface area contributed by atoms with Gasteiger partial charge < -0.3 is 15.6 Å². The number of nitrogens with one attached hydrogen (secondary N) is 3. The van der Waals surface area contributed by atoms with Gasteiger partial charge in [-0.3, -0.25) is 0 Å². The summed E-state index contributed by atoms with van der Waals surface area (Å²) < 4.78 is 1.06. The standard InChI is InChI=1S/C17H16BrN3O/c18-15-4-2-1-3-12(15)7-10-20-17(22)21-14-5-6-16-13(11-14)8-9-19-16/h1-6,8-9,11,19H,7,10H2,(H2,20,21,22). The zero-order chi connectivity index (χ0) is 15.4. The number of rotatable bonds is 4. The number of carbonyl (C=O) groups excluding carboxylic acids is 1. The molecule has 0 bridgehead atoms. The summed E-state index contributed by atoms with van der Waals surface area (Å²) >= 11 is 3.51. The average molecular weight is 358 g/mol. The van der Waals surface area contributed by atoms with E-state index in [-0.39, 0.29) is 6.03 Å². The Labute approximate surface area is 137 Å². The number of carbonyl (C=O) groups is 1. The molecule has 4 nitrogen and oxygen atoms in total. The number of H-pyrrole nitrogens is 1. The lowest BCUT2D eigenvalue weighted by atomic mass is 10.1. The highest BCUT2D eigenvalue weighted by molar-refractivity contribution is 9.10. The Morgan fingerprint density at radius 1 is 1.14 bits per heavy atom. The van der Waals surface area contributed by atoms with Crippen molar-refractivity contribution in [1.82, 2.24) is 10.3 Å². The molecular formula is C17H16BrN3O. The molecule has 1 heterocycles. The fraction of sp³-hybridized carbons (Fsp3) is 0.118. The fourth-order valence-electron chi connectivity index (χ4n) is 2.32. The van der Waals surface area contributed by atoms with E-state index in [1.54, 1.807) is 0 Å². The molecule has 0 atom stereocenters. The van der Waals surface area contributed by atoms with Gasteiger partial charge in [-0.15, -0.1) is 0 Å². The Balaban J connectivity index is 1.53. The first-order valence-electron chi connectivity index (χ1n) is 7.08. The van der Waals surface area contributed by atoms with E-state index in [2.05, 4.69) is 31.5 Å². The Hall–Kier alpha value is -2.27. The number of aromatic nitrogens is 1. The van der Waals surface area contributed by atoms with Crippen LogP contribution in [0.1, 0.15) is 5.56 Å². The van der Waals surface area contributed by atoms with E-state index in [1.807, 2.05) is 54.7 Å². The third-order valence-corrected chi connectivity index (χ3v) is 4.22. The molecule has 0 aliphatic heterocycles. The smallest absolute Gasteiger partial charge is 0.319 e. The fourth-order valence-corrected chi connectivity index (χ4v) is 2.80. The van der Waals surface area contributed by atoms with Crippen molar-refractivity contribution < 1.29 is 4.79 Å². The van der Waals surface area contributed by atoms with Gasteiger partial charge >= 0.3 is 6.03 Å². The number of hydrogen-bond acceptors (Lipinski definition) is 1. The summed E-state index contributed by atoms with van der Waals surface area (Å²) in [5.41, 5.74) is 3.02. The number of anilines is 1. The molecule has 3 aromatic rings. The maximum atomic E-state index is 11.9. The van der Waals surface area contributed by atoms with Gasteiger partial charge in [0, 0.05) is 33.8 Å². The second-order valence-corrected chi connectivity index (χ2v) is 5.86. The molecule has 0 aliphatic rings. The summed E-state index contributed by atoms with van der Waals surface area (Å²) in [6.45, 7) is 0.584. The maximum Gasteiger partial charge on any atom is 0.319 e. The summed E-state index contributed by atoms with van der Waals surface area (Å²) in [5, 5.41) is 6.79. The molecule has 5 heteroatoms. The summed E-state index contributed by atoms with van der Waals surface area (Å²) in [6, 6.07) is 15.6. The van der Waals surface area contributed by atoms with Gasteiger partial charge in [0.15, 0.2) is 0 Å². The van der Waals surface area contributed by atoms with E-state index in [4.69, 9.17) is 0 Å². The minimum absolute atomic E-state index is 0.193. The molecular weight excluding hydrogens is 342 g/mol. The number of benzene rings is 2. The third kappa shape index (κ3) is 3.49. The predicted molar refractivity (Wildman–Crippen MR) is 93.2 cm³/mol. The van der Waals surface area contributed by atoms with Crippen LogP contribution in [0, 0.1) is 0 Å². The SMILES string of the molecule is O=C(NCCc1ccccc1Br)Nc1ccc2[nH]ccc2c1. The van der Waals surface area contributed by atoms with Crippen LogP contribution in [0.2, 0.25) is 0 Å². The van der Waals surface area contributed by atoms with Crippen molar-refractivity contribution in [2.45, 2.75) is 6.42 Å². The van der Waals surface area contributed by atoms with Gasteiger partial charge in [-0.1, -0.05) is 34.1 Å². The highest BCUT2D eigenvalue weighted by Crippen LogP contribution is 2.18. The van der Waals surface area contributed by atoms with Crippen LogP contribution < -0.4 is 10.6 Å². The second-order valence-electron chi connectivity index (χ2n) is 5.00. The van der Waals surface area contributed by atoms with Gasteiger partial charge in [0.2, 0.25) is 0 Å². The van der Waals surface area contributed by atoms with Crippen molar-refractivity contribution in [3.05, 3.63) is 64.8 Å². The number of fused-ring (bicyclic) bond motifs is 1. The number of hydrogen-bond donors (Lipinski definition) is 3. The van der Waals surface area contributed by atoms with Crippen LogP contribution in [0.4, 0.5) is 10.5 Å². The van der Waals surface area contributed by atoms with Crippen LogP contribution in [-0.4, -0.2) is 17.6 Å². The van der Waals surface area contributed by atoms with Gasteiger partial charge in [-0.2, -0.15) is 0 Å². The topological polar surface area (TPSA) is 56.9 Å². The average Bonchev–Trinajstić information content (AvgIpc) is 2.97. The van der Waals surface area contributed by atoms with E-state index in [0.29, 0.717) is 6.54 Å². The van der Waals surface area contributed by atoms with Gasteiger partial charge in [0.25, 0.3) is 0 Å². The zero-order valence-electron chi connectivity index (χ0n) is 11.9. The van der Waals surface area contributed by atoms with Crippen LogP contribution in [0.5, 0.6) is 0 Å². The molecule has 3 N–H and O–H groups in total. The van der Waals surface area contributed by atoms with Crippen molar-refractivity contribution in [2.75, 3.05) is 11.9 Å². The Morgan fingerprint density at radius 2 is 2.00 bits per heavy atom. The maximum absolute atomic E-state index is 11.9. The van der Waals surface area contributed by atoms with E-state index in [0.717, 1.165) is 27.5 Å². The van der Waals surface area contributed by atoms with Crippen molar-refractivity contribution in [3.63, 3.8) is 0 Å². The Morgan fingerprint density at radius 3 is 2.86 bits per heavy atom. The number of amides is 2. The monoisotopic (exact) mass is 357 g/mol. The minimum atomic E-state index is -0.193. The summed E-state index contributed by atoms with van der Waals surface area (Å²) in [5.74, 6) is 0. The van der Waals surface area contributed by atoms with E-state index in [9.17, 15) is 4.79 Å². The van der Waals surface area contributed by atoms with E-state index < -0.39 is 0 Å². The van der Waals surface area contributed by atoms with Crippen molar-refractivity contribution in [2.24, 2.45) is 0 Å². The predicted octanol–water partition coefficient (Wildman–Crippen LogP) is 4.29. The molecule has 0 radical (unpaired) electrons. The molecule has 2 amide bonds. The van der Waals surface area contributed by atoms with Crippen LogP contribution in [0.3, 0.4) is 0 Å². The van der Waals surface area contributed by atoms with Crippen LogP contribution in [0.15, 0.2) is 59.2 Å². The van der Waals surface area contributed by atoms with Crippen molar-refractivity contribution in [1.29, 1.82) is 0 Å². The molecule has 0 fully saturated rings. The molecule has 0 unspecified atom stereocenters. The largest absolute Gasteiger partial charge is 0.361 e. The van der Waals surface area contributed by atoms with E-state index in [1.165, 1.54) is 5.56 Å². The first-order valence-corrected chi connectivity index (χ1v) is 7.87. The Bertz CT molecular complexity index is 797. The molecule has 22 heavy (non-hydrogen) atoms. The molecule has 3 rings (SSSR count). The molecule has 0 saturated heterocycles. The molecule has 0 saturated carbocycles. The van der Waals surface area contributed by atoms with Crippen LogP contribution in [0.25, 0.3) is 10.9 Å². The second kappa shape index (κ2) is 6.66. The lowest BCUT2D eigenvalue weighted by molar-refractivity contribution is 0.252. The lowest BCUT2D eigenvalue weighted by Crippen LogP contribution is -2.30. The first-order chi connectivity index (χ1) is 10.7. The summed E-state index contributed by atoms with van der Waals surface area (Å²) in [6.07, 6.45) is 2.66. The summed E-state index contributed by atoms with van der Waals surface area (Å²) in [7, 11) is 0. The molecule has 0 aliphatic carbocycles. The van der Waals surface area contributed by atoms with E-state index >= 15 is 0 Å². The van der Waals surface area contributed by atoms with Gasteiger partial charge in [-0.25, -0.2) is 4.79 Å². The Kier molecular flexibility index (Phi) is 4.44. The molecule has 112 valence electrons. The molecule has 0 spiro atoms. The van der Waals surface area contributed by atoms with Gasteiger partial charge in [-0.05, 0) is 42.3 Å².